The Labute approximate surface area is 225 Å². The fraction of sp³-hybridized carbons (Fsp3) is 0.556. The molecule has 0 aliphatic carbocycles. The molecule has 1 aliphatic heterocycles. The van der Waals surface area contributed by atoms with Crippen LogP contribution in [-0.2, 0) is 4.74 Å². The summed E-state index contributed by atoms with van der Waals surface area (Å²) in [6, 6.07) is 6.12. The lowest BCUT2D eigenvalue weighted by atomic mass is 10.0. The van der Waals surface area contributed by atoms with Crippen LogP contribution in [0.2, 0.25) is 0 Å². The van der Waals surface area contributed by atoms with Gasteiger partial charge in [-0.25, -0.2) is 14.8 Å². The molecule has 0 radical (unpaired) electrons. The SMILES string of the molecule is COc1cc(C(=N)c2c(N)ncnc2NCCN2CCC(NC(C)C)CC2)ccc1NC(=O)OC(C)(C)C. The van der Waals surface area contributed by atoms with Crippen molar-refractivity contribution in [1.82, 2.24) is 20.2 Å². The van der Waals surface area contributed by atoms with Gasteiger partial charge in [-0.15, -0.1) is 0 Å². The van der Waals surface area contributed by atoms with E-state index in [9.17, 15) is 4.79 Å². The summed E-state index contributed by atoms with van der Waals surface area (Å²) in [6.45, 7) is 13.4. The Balaban J connectivity index is 1.67. The number of hydrogen-bond acceptors (Lipinski definition) is 10. The molecule has 1 aromatic carbocycles. The quantitative estimate of drug-likeness (QED) is 0.292. The monoisotopic (exact) mass is 526 g/mol. The first-order chi connectivity index (χ1) is 18.0. The number of nitrogens with one attached hydrogen (secondary N) is 4. The van der Waals surface area contributed by atoms with Crippen molar-refractivity contribution >= 4 is 29.1 Å². The lowest BCUT2D eigenvalue weighted by Crippen LogP contribution is -2.45. The number of carbonyl (C=O) groups is 1. The van der Waals surface area contributed by atoms with E-state index in [4.69, 9.17) is 20.6 Å². The number of nitrogens with two attached hydrogens (primary N) is 1. The minimum Gasteiger partial charge on any atom is -0.495 e. The first-order valence-electron chi connectivity index (χ1n) is 13.1. The van der Waals surface area contributed by atoms with E-state index in [2.05, 4.69) is 44.7 Å². The maximum atomic E-state index is 12.2. The van der Waals surface area contributed by atoms with Crippen molar-refractivity contribution in [3.8, 4) is 5.75 Å². The van der Waals surface area contributed by atoms with Crippen molar-refractivity contribution in [2.75, 3.05) is 49.7 Å². The topological polar surface area (TPSA) is 151 Å². The molecule has 11 heteroatoms. The number of nitrogens with zero attached hydrogens (tertiary/aromatic N) is 3. The summed E-state index contributed by atoms with van der Waals surface area (Å²) in [7, 11) is 1.50. The minimum absolute atomic E-state index is 0.147. The number of ether oxygens (including phenoxy) is 2. The van der Waals surface area contributed by atoms with E-state index < -0.39 is 11.7 Å². The third kappa shape index (κ3) is 8.29. The summed E-state index contributed by atoms with van der Waals surface area (Å²) in [5, 5.41) is 18.5. The van der Waals surface area contributed by atoms with Gasteiger partial charge in [0.05, 0.1) is 24.1 Å². The van der Waals surface area contributed by atoms with Gasteiger partial charge < -0.3 is 30.7 Å². The molecule has 1 aromatic heterocycles. The van der Waals surface area contributed by atoms with E-state index in [1.807, 2.05) is 0 Å². The number of benzene rings is 1. The van der Waals surface area contributed by atoms with Gasteiger partial charge >= 0.3 is 6.09 Å². The van der Waals surface area contributed by atoms with Gasteiger partial charge in [0, 0.05) is 30.7 Å². The van der Waals surface area contributed by atoms with Crippen molar-refractivity contribution in [1.29, 1.82) is 5.41 Å². The summed E-state index contributed by atoms with van der Waals surface area (Å²) >= 11 is 0. The lowest BCUT2D eigenvalue weighted by Gasteiger charge is -2.33. The summed E-state index contributed by atoms with van der Waals surface area (Å²) < 4.78 is 10.8. The molecule has 1 fully saturated rings. The lowest BCUT2D eigenvalue weighted by molar-refractivity contribution is 0.0635. The van der Waals surface area contributed by atoms with Gasteiger partial charge in [0.15, 0.2) is 0 Å². The summed E-state index contributed by atoms with van der Waals surface area (Å²) in [4.78, 5) is 23.1. The normalized spacial score (nSPS) is 14.8. The van der Waals surface area contributed by atoms with Gasteiger partial charge in [-0.2, -0.15) is 0 Å². The van der Waals surface area contributed by atoms with Crippen LogP contribution in [-0.4, -0.2) is 77.6 Å². The van der Waals surface area contributed by atoms with E-state index in [1.165, 1.54) is 13.4 Å². The predicted molar refractivity (Wildman–Crippen MR) is 151 cm³/mol. The predicted octanol–water partition coefficient (Wildman–Crippen LogP) is 3.70. The van der Waals surface area contributed by atoms with E-state index in [0.717, 1.165) is 32.5 Å². The number of amides is 1. The number of likely N-dealkylation sites (tertiary alicyclic amines) is 1. The second kappa shape index (κ2) is 12.9. The average molecular weight is 527 g/mol. The van der Waals surface area contributed by atoms with Crippen molar-refractivity contribution < 1.29 is 14.3 Å². The van der Waals surface area contributed by atoms with Crippen LogP contribution in [0.1, 0.15) is 58.6 Å². The zero-order chi connectivity index (χ0) is 27.9. The Hall–Kier alpha value is -3.44. The van der Waals surface area contributed by atoms with Gasteiger partial charge in [-0.05, 0) is 58.8 Å². The van der Waals surface area contributed by atoms with Crippen LogP contribution in [0, 0.1) is 5.41 Å². The summed E-state index contributed by atoms with van der Waals surface area (Å²) in [6.07, 6.45) is 3.07. The standard InChI is InChI=1S/C27H42N8O3/c1-17(2)33-19-9-12-35(13-10-19)14-11-30-25-22(24(29)31-16-32-25)23(28)18-7-8-20(21(15-18)37-6)34-26(36)38-27(3,4)5/h7-8,15-17,19,28,33H,9-14H2,1-6H3,(H,34,36)(H3,29,30,31,32). The minimum atomic E-state index is -0.630. The number of aromatic nitrogens is 2. The van der Waals surface area contributed by atoms with Crippen molar-refractivity contribution in [2.45, 2.75) is 65.1 Å². The van der Waals surface area contributed by atoms with Crippen molar-refractivity contribution in [3.63, 3.8) is 0 Å². The van der Waals surface area contributed by atoms with E-state index in [-0.39, 0.29) is 11.5 Å². The zero-order valence-electron chi connectivity index (χ0n) is 23.4. The third-order valence-corrected chi connectivity index (χ3v) is 6.13. The van der Waals surface area contributed by atoms with Crippen molar-refractivity contribution in [2.24, 2.45) is 0 Å². The molecule has 1 saturated heterocycles. The van der Waals surface area contributed by atoms with Gasteiger partial charge in [0.2, 0.25) is 0 Å². The van der Waals surface area contributed by atoms with Crippen LogP contribution in [0.15, 0.2) is 24.5 Å². The maximum Gasteiger partial charge on any atom is 0.412 e. The van der Waals surface area contributed by atoms with Gasteiger partial charge in [-0.3, -0.25) is 10.7 Å². The largest absolute Gasteiger partial charge is 0.495 e. The highest BCUT2D eigenvalue weighted by Crippen LogP contribution is 2.29. The van der Waals surface area contributed by atoms with Crippen molar-refractivity contribution in [3.05, 3.63) is 35.7 Å². The molecule has 0 saturated carbocycles. The van der Waals surface area contributed by atoms with Crippen LogP contribution in [0.4, 0.5) is 22.1 Å². The van der Waals surface area contributed by atoms with Crippen LogP contribution < -0.4 is 26.4 Å². The first-order valence-corrected chi connectivity index (χ1v) is 13.1. The second-order valence-electron chi connectivity index (χ2n) is 10.8. The number of anilines is 3. The van der Waals surface area contributed by atoms with E-state index in [0.29, 0.717) is 47.0 Å². The molecular weight excluding hydrogens is 484 g/mol. The molecule has 0 atom stereocenters. The van der Waals surface area contributed by atoms with Crippen LogP contribution >= 0.6 is 0 Å². The Bertz CT molecular complexity index is 1110. The molecule has 1 aliphatic rings. The fourth-order valence-corrected chi connectivity index (χ4v) is 4.41. The third-order valence-electron chi connectivity index (χ3n) is 6.13. The van der Waals surface area contributed by atoms with Crippen LogP contribution in [0.5, 0.6) is 5.75 Å². The molecule has 0 spiro atoms. The number of hydrogen-bond donors (Lipinski definition) is 5. The van der Waals surface area contributed by atoms with Gasteiger partial charge in [-0.1, -0.05) is 19.9 Å². The second-order valence-corrected chi connectivity index (χ2v) is 10.8. The number of carbonyl (C=O) groups excluding carboxylic acids is 1. The molecule has 2 aromatic rings. The Morgan fingerprint density at radius 1 is 1.24 bits per heavy atom. The fourth-order valence-electron chi connectivity index (χ4n) is 4.41. The Morgan fingerprint density at radius 3 is 2.58 bits per heavy atom. The van der Waals surface area contributed by atoms with Crippen LogP contribution in [0.3, 0.4) is 0 Å². The molecule has 208 valence electrons. The van der Waals surface area contributed by atoms with Gasteiger partial charge in [0.1, 0.15) is 29.3 Å². The zero-order valence-corrected chi connectivity index (χ0v) is 23.4. The highest BCUT2D eigenvalue weighted by molar-refractivity contribution is 6.16. The number of nitrogen functional groups attached to an aromatic ring is 1. The molecular formula is C27H42N8O3. The number of piperidine rings is 1. The molecule has 11 nitrogen and oxygen atoms in total. The first kappa shape index (κ1) is 29.1. The Morgan fingerprint density at radius 2 is 1.95 bits per heavy atom. The summed E-state index contributed by atoms with van der Waals surface area (Å²) in [5.41, 5.74) is 7.11. The smallest absolute Gasteiger partial charge is 0.412 e. The number of methoxy groups -OCH3 is 1. The Kier molecular flexibility index (Phi) is 9.87. The number of rotatable bonds is 10. The molecule has 1 amide bonds. The van der Waals surface area contributed by atoms with Crippen LogP contribution in [0.25, 0.3) is 0 Å². The molecule has 6 N–H and O–H groups in total. The molecule has 3 rings (SSSR count). The molecule has 0 bridgehead atoms. The van der Waals surface area contributed by atoms with E-state index in [1.54, 1.807) is 39.0 Å². The molecule has 2 heterocycles. The highest BCUT2D eigenvalue weighted by Gasteiger charge is 2.22. The molecule has 38 heavy (non-hydrogen) atoms. The molecule has 0 unspecified atom stereocenters. The maximum absolute atomic E-state index is 12.2. The average Bonchev–Trinajstić information content (AvgIpc) is 2.83. The van der Waals surface area contributed by atoms with Gasteiger partial charge in [0.25, 0.3) is 0 Å². The highest BCUT2D eigenvalue weighted by atomic mass is 16.6. The summed E-state index contributed by atoms with van der Waals surface area (Å²) in [5.74, 6) is 1.11. The van der Waals surface area contributed by atoms with E-state index >= 15 is 0 Å².